The molecule has 14 heavy (non-hydrogen) atoms. The lowest BCUT2D eigenvalue weighted by molar-refractivity contribution is -0.890. The summed E-state index contributed by atoms with van der Waals surface area (Å²) in [6.45, 7) is 4.67. The van der Waals surface area contributed by atoms with Gasteiger partial charge in [0, 0.05) is 5.75 Å². The van der Waals surface area contributed by atoms with Crippen molar-refractivity contribution in [3.63, 3.8) is 0 Å². The van der Waals surface area contributed by atoms with Crippen LogP contribution in [0.2, 0.25) is 0 Å². The van der Waals surface area contributed by atoms with E-state index in [0.717, 1.165) is 24.0 Å². The van der Waals surface area contributed by atoms with E-state index in [1.54, 1.807) is 0 Å². The first-order chi connectivity index (χ1) is 6.52. The zero-order chi connectivity index (χ0) is 11.0. The van der Waals surface area contributed by atoms with Crippen LogP contribution >= 0.6 is 12.6 Å². The zero-order valence-electron chi connectivity index (χ0n) is 9.45. The molecule has 0 aliphatic carbocycles. The van der Waals surface area contributed by atoms with Crippen LogP contribution in [0.1, 0.15) is 19.8 Å². The van der Waals surface area contributed by atoms with E-state index in [1.165, 1.54) is 0 Å². The van der Waals surface area contributed by atoms with Crippen LogP contribution in [-0.4, -0.2) is 50.0 Å². The summed E-state index contributed by atoms with van der Waals surface area (Å²) >= 11 is 3.97. The Labute approximate surface area is 92.4 Å². The van der Waals surface area contributed by atoms with Gasteiger partial charge >= 0.3 is 5.97 Å². The van der Waals surface area contributed by atoms with Crippen molar-refractivity contribution < 1.29 is 14.0 Å². The molecule has 0 radical (unpaired) electrons. The molecule has 0 unspecified atom stereocenters. The molecule has 4 heteroatoms. The molecule has 0 fully saturated rings. The molecule has 0 aromatic rings. The summed E-state index contributed by atoms with van der Waals surface area (Å²) in [6.07, 6.45) is 1.56. The molecule has 0 saturated heterocycles. The van der Waals surface area contributed by atoms with Crippen LogP contribution in [0.4, 0.5) is 0 Å². The summed E-state index contributed by atoms with van der Waals surface area (Å²) in [5.41, 5.74) is 0. The molecule has 0 rings (SSSR count). The molecule has 0 saturated carbocycles. The minimum absolute atomic E-state index is 0.142. The summed E-state index contributed by atoms with van der Waals surface area (Å²) in [7, 11) is 4.30. The molecule has 0 aromatic heterocycles. The monoisotopic (exact) mass is 220 g/mol. The highest BCUT2D eigenvalue weighted by molar-refractivity contribution is 7.80. The number of esters is 1. The van der Waals surface area contributed by atoms with Gasteiger partial charge in [-0.3, -0.25) is 4.79 Å². The Balaban J connectivity index is 3.57. The average molecular weight is 220 g/mol. The fourth-order valence-corrected chi connectivity index (χ4v) is 1.47. The molecule has 0 aliphatic rings. The Kier molecular flexibility index (Phi) is 7.01. The molecule has 0 heterocycles. The van der Waals surface area contributed by atoms with Gasteiger partial charge in [-0.25, -0.2) is 0 Å². The lowest BCUT2D eigenvalue weighted by atomic mass is 10.4. The Bertz CT molecular complexity index is 172. The van der Waals surface area contributed by atoms with Crippen molar-refractivity contribution >= 4 is 18.6 Å². The van der Waals surface area contributed by atoms with E-state index in [-0.39, 0.29) is 5.97 Å². The predicted molar refractivity (Wildman–Crippen MR) is 61.6 cm³/mol. The van der Waals surface area contributed by atoms with Crippen LogP contribution in [0.5, 0.6) is 0 Å². The molecule has 84 valence electrons. The first-order valence-corrected chi connectivity index (χ1v) is 5.73. The maximum atomic E-state index is 11.0. The first-order valence-electron chi connectivity index (χ1n) is 5.10. The quantitative estimate of drug-likeness (QED) is 0.398. The summed E-state index contributed by atoms with van der Waals surface area (Å²) in [5, 5.41) is 0. The molecule has 3 nitrogen and oxygen atoms in total. The summed E-state index contributed by atoms with van der Waals surface area (Å²) < 4.78 is 5.97. The van der Waals surface area contributed by atoms with Crippen molar-refractivity contribution in [1.82, 2.24) is 0 Å². The van der Waals surface area contributed by atoms with E-state index < -0.39 is 0 Å². The van der Waals surface area contributed by atoms with Crippen LogP contribution < -0.4 is 0 Å². The number of carbonyl (C=O) groups excluding carboxylic acids is 1. The van der Waals surface area contributed by atoms with Crippen molar-refractivity contribution in [3.8, 4) is 0 Å². The second kappa shape index (κ2) is 7.12. The van der Waals surface area contributed by atoms with Crippen LogP contribution in [0.25, 0.3) is 0 Å². The maximum absolute atomic E-state index is 11.0. The van der Waals surface area contributed by atoms with Crippen molar-refractivity contribution in [2.45, 2.75) is 19.8 Å². The number of nitrogens with zero attached hydrogens (tertiary/aromatic N) is 1. The van der Waals surface area contributed by atoms with Crippen molar-refractivity contribution in [1.29, 1.82) is 0 Å². The highest BCUT2D eigenvalue weighted by atomic mass is 32.1. The van der Waals surface area contributed by atoms with Gasteiger partial charge in [0.15, 0.2) is 0 Å². The lowest BCUT2D eigenvalue weighted by Crippen LogP contribution is -2.43. The molecular weight excluding hydrogens is 198 g/mol. The van der Waals surface area contributed by atoms with Gasteiger partial charge in [-0.15, -0.1) is 0 Å². The number of thiol groups is 1. The first kappa shape index (κ1) is 13.8. The van der Waals surface area contributed by atoms with Gasteiger partial charge in [0.25, 0.3) is 0 Å². The van der Waals surface area contributed by atoms with Crippen LogP contribution in [-0.2, 0) is 9.53 Å². The highest BCUT2D eigenvalue weighted by Crippen LogP contribution is 1.99. The van der Waals surface area contributed by atoms with Gasteiger partial charge < -0.3 is 9.22 Å². The summed E-state index contributed by atoms with van der Waals surface area (Å²) in [6, 6.07) is 0. The van der Waals surface area contributed by atoms with Gasteiger partial charge in [-0.2, -0.15) is 12.6 Å². The Morgan fingerprint density at radius 1 is 1.36 bits per heavy atom. The molecule has 0 N–H and O–H groups in total. The molecule has 0 aliphatic heterocycles. The van der Waals surface area contributed by atoms with Crippen LogP contribution in [0, 0.1) is 0 Å². The smallest absolute Gasteiger partial charge is 0.306 e. The SMILES string of the molecule is CCC[N+](C)(C)CCOC(=O)CCS. The number of carbonyl (C=O) groups is 1. The second-order valence-corrected chi connectivity index (χ2v) is 4.52. The van der Waals surface area contributed by atoms with Crippen LogP contribution in [0.15, 0.2) is 0 Å². The Morgan fingerprint density at radius 3 is 2.50 bits per heavy atom. The van der Waals surface area contributed by atoms with Gasteiger partial charge in [0.2, 0.25) is 0 Å². The van der Waals surface area contributed by atoms with E-state index >= 15 is 0 Å². The third-order valence-corrected chi connectivity index (χ3v) is 2.33. The Hall–Kier alpha value is -0.220. The number of ether oxygens (including phenoxy) is 1. The molecule has 0 spiro atoms. The topological polar surface area (TPSA) is 26.3 Å². The molecular formula is C10H22NO2S+. The standard InChI is InChI=1S/C10H21NO2S/c1-4-6-11(2,3)7-8-13-10(12)5-9-14/h4-9H2,1-3H3/p+1. The number of likely N-dealkylation sites (N-methyl/N-ethyl adjacent to an activating group) is 1. The van der Waals surface area contributed by atoms with E-state index in [2.05, 4.69) is 33.6 Å². The second-order valence-electron chi connectivity index (χ2n) is 4.08. The van der Waals surface area contributed by atoms with Crippen molar-refractivity contribution in [2.24, 2.45) is 0 Å². The third-order valence-electron chi connectivity index (χ3n) is 2.10. The van der Waals surface area contributed by atoms with Gasteiger partial charge in [-0.05, 0) is 6.42 Å². The van der Waals surface area contributed by atoms with Crippen molar-refractivity contribution in [2.75, 3.05) is 39.5 Å². The lowest BCUT2D eigenvalue weighted by Gasteiger charge is -2.28. The summed E-state index contributed by atoms with van der Waals surface area (Å²) in [5.74, 6) is 0.419. The van der Waals surface area contributed by atoms with E-state index in [1.807, 2.05) is 0 Å². The van der Waals surface area contributed by atoms with Gasteiger partial charge in [-0.1, -0.05) is 6.92 Å². The normalized spacial score (nSPS) is 11.4. The average Bonchev–Trinajstić information content (AvgIpc) is 2.03. The number of rotatable bonds is 7. The minimum atomic E-state index is -0.142. The minimum Gasteiger partial charge on any atom is -0.460 e. The van der Waals surface area contributed by atoms with Crippen molar-refractivity contribution in [3.05, 3.63) is 0 Å². The summed E-state index contributed by atoms with van der Waals surface area (Å²) in [4.78, 5) is 11.0. The zero-order valence-corrected chi connectivity index (χ0v) is 10.3. The Morgan fingerprint density at radius 2 is 2.00 bits per heavy atom. The number of hydrogen-bond acceptors (Lipinski definition) is 3. The molecule has 0 amide bonds. The van der Waals surface area contributed by atoms with E-state index in [9.17, 15) is 4.79 Å². The largest absolute Gasteiger partial charge is 0.460 e. The fourth-order valence-electron chi connectivity index (χ4n) is 1.29. The fraction of sp³-hybridized carbons (Fsp3) is 0.900. The maximum Gasteiger partial charge on any atom is 0.306 e. The van der Waals surface area contributed by atoms with E-state index in [4.69, 9.17) is 4.74 Å². The molecule has 0 aromatic carbocycles. The number of hydrogen-bond donors (Lipinski definition) is 1. The molecule has 0 atom stereocenters. The highest BCUT2D eigenvalue weighted by Gasteiger charge is 2.13. The van der Waals surface area contributed by atoms with Gasteiger partial charge in [0.05, 0.1) is 27.1 Å². The molecule has 0 bridgehead atoms. The number of quaternary nitrogens is 1. The van der Waals surface area contributed by atoms with E-state index in [0.29, 0.717) is 18.8 Å². The van der Waals surface area contributed by atoms with Gasteiger partial charge in [0.1, 0.15) is 13.2 Å². The third kappa shape index (κ3) is 7.21. The predicted octanol–water partition coefficient (Wildman–Crippen LogP) is 1.34. The van der Waals surface area contributed by atoms with Crippen LogP contribution in [0.3, 0.4) is 0 Å².